The van der Waals surface area contributed by atoms with Crippen molar-refractivity contribution in [3.63, 3.8) is 0 Å². The number of nitro groups is 1. The van der Waals surface area contributed by atoms with Gasteiger partial charge >= 0.3 is 0 Å². The highest BCUT2D eigenvalue weighted by Gasteiger charge is 2.11. The minimum atomic E-state index is -1.03. The van der Waals surface area contributed by atoms with Crippen LogP contribution in [0, 0.1) is 10.1 Å². The van der Waals surface area contributed by atoms with Gasteiger partial charge in [0.25, 0.3) is 5.69 Å². The number of non-ortho nitro benzene ring substituents is 1. The fourth-order valence-electron chi connectivity index (χ4n) is 1.26. The van der Waals surface area contributed by atoms with Crippen LogP contribution in [0.3, 0.4) is 0 Å². The minimum Gasteiger partial charge on any atom is -0.330 e. The van der Waals surface area contributed by atoms with Crippen molar-refractivity contribution in [2.45, 2.75) is 12.2 Å². The molecule has 2 N–H and O–H groups in total. The molecule has 0 amide bonds. The molecule has 0 aliphatic heterocycles. The van der Waals surface area contributed by atoms with Gasteiger partial charge in [-0.25, -0.2) is 0 Å². The summed E-state index contributed by atoms with van der Waals surface area (Å²) in [5.41, 5.74) is 5.91. The molecule has 0 saturated carbocycles. The second kappa shape index (κ2) is 6.68. The summed E-state index contributed by atoms with van der Waals surface area (Å²) in [6.45, 7) is 0.500. The zero-order chi connectivity index (χ0) is 12.8. The van der Waals surface area contributed by atoms with E-state index in [1.807, 2.05) is 0 Å². The SMILES string of the molecule is NCCCS(=O)Cc1ccc([N+](=O)[O-])cc1Cl. The highest BCUT2D eigenvalue weighted by atomic mass is 35.5. The highest BCUT2D eigenvalue weighted by molar-refractivity contribution is 7.84. The van der Waals surface area contributed by atoms with E-state index >= 15 is 0 Å². The first kappa shape index (κ1) is 14.1. The van der Waals surface area contributed by atoms with Gasteiger partial charge in [-0.15, -0.1) is 0 Å². The fourth-order valence-corrected chi connectivity index (χ4v) is 2.81. The fraction of sp³-hybridized carbons (Fsp3) is 0.400. The lowest BCUT2D eigenvalue weighted by molar-refractivity contribution is -0.384. The summed E-state index contributed by atoms with van der Waals surface area (Å²) < 4.78 is 11.6. The summed E-state index contributed by atoms with van der Waals surface area (Å²) in [7, 11) is -1.03. The van der Waals surface area contributed by atoms with Crippen LogP contribution in [0.1, 0.15) is 12.0 Å². The average molecular weight is 277 g/mol. The second-order valence-corrected chi connectivity index (χ2v) is 5.45. The molecule has 5 nitrogen and oxygen atoms in total. The van der Waals surface area contributed by atoms with Gasteiger partial charge < -0.3 is 5.73 Å². The number of nitrogens with two attached hydrogens (primary N) is 1. The highest BCUT2D eigenvalue weighted by Crippen LogP contribution is 2.23. The van der Waals surface area contributed by atoms with E-state index in [2.05, 4.69) is 0 Å². The summed E-state index contributed by atoms with van der Waals surface area (Å²) in [6, 6.07) is 4.18. The van der Waals surface area contributed by atoms with Gasteiger partial charge in [-0.05, 0) is 24.6 Å². The predicted octanol–water partition coefficient (Wildman–Crippen LogP) is 1.85. The van der Waals surface area contributed by atoms with E-state index in [-0.39, 0.29) is 10.7 Å². The maximum atomic E-state index is 11.6. The number of hydrogen-bond acceptors (Lipinski definition) is 4. The van der Waals surface area contributed by atoms with Crippen LogP contribution in [0.5, 0.6) is 0 Å². The number of nitro benzene ring substituents is 1. The van der Waals surface area contributed by atoms with Crippen molar-refractivity contribution in [1.29, 1.82) is 0 Å². The normalized spacial score (nSPS) is 12.4. The van der Waals surface area contributed by atoms with Gasteiger partial charge in [-0.1, -0.05) is 11.6 Å². The van der Waals surface area contributed by atoms with Crippen molar-refractivity contribution in [1.82, 2.24) is 0 Å². The molecule has 1 aromatic rings. The third-order valence-corrected chi connectivity index (χ3v) is 3.87. The molecule has 0 saturated heterocycles. The quantitative estimate of drug-likeness (QED) is 0.634. The Morgan fingerprint density at radius 1 is 1.47 bits per heavy atom. The lowest BCUT2D eigenvalue weighted by atomic mass is 10.2. The first-order chi connectivity index (χ1) is 8.04. The maximum absolute atomic E-state index is 11.6. The molecule has 0 heterocycles. The Bertz CT molecular complexity index is 440. The standard InChI is InChI=1S/C10H13ClN2O3S/c11-10-6-9(13(14)15)3-2-8(10)7-17(16)5-1-4-12/h2-3,6H,1,4-5,7,12H2. The smallest absolute Gasteiger partial charge is 0.270 e. The van der Waals surface area contributed by atoms with Crippen molar-refractivity contribution in [3.05, 3.63) is 38.9 Å². The van der Waals surface area contributed by atoms with E-state index in [1.54, 1.807) is 6.07 Å². The summed E-state index contributed by atoms with van der Waals surface area (Å²) in [5.74, 6) is 0.820. The Balaban J connectivity index is 2.72. The van der Waals surface area contributed by atoms with Crippen molar-refractivity contribution >= 4 is 28.1 Å². The average Bonchev–Trinajstić information content (AvgIpc) is 2.28. The summed E-state index contributed by atoms with van der Waals surface area (Å²) in [6.07, 6.45) is 0.692. The third kappa shape index (κ3) is 4.41. The number of rotatable bonds is 6. The van der Waals surface area contributed by atoms with Crippen LogP contribution in [0.15, 0.2) is 18.2 Å². The Kier molecular flexibility index (Phi) is 5.54. The summed E-state index contributed by atoms with van der Waals surface area (Å²) in [4.78, 5) is 9.99. The molecule has 0 radical (unpaired) electrons. The van der Waals surface area contributed by atoms with Crippen molar-refractivity contribution < 1.29 is 9.13 Å². The molecule has 0 bridgehead atoms. The molecule has 0 spiro atoms. The van der Waals surface area contributed by atoms with Gasteiger partial charge in [-0.3, -0.25) is 14.3 Å². The van der Waals surface area contributed by atoms with Crippen LogP contribution in [-0.4, -0.2) is 21.4 Å². The van der Waals surface area contributed by atoms with Gasteiger partial charge in [0.1, 0.15) is 0 Å². The van der Waals surface area contributed by atoms with Gasteiger partial charge in [-0.2, -0.15) is 0 Å². The van der Waals surface area contributed by atoms with E-state index < -0.39 is 15.7 Å². The first-order valence-electron chi connectivity index (χ1n) is 5.02. The molecular weight excluding hydrogens is 264 g/mol. The van der Waals surface area contributed by atoms with Gasteiger partial charge in [0.2, 0.25) is 0 Å². The van der Waals surface area contributed by atoms with E-state index in [9.17, 15) is 14.3 Å². The molecular formula is C10H13ClN2O3S. The van der Waals surface area contributed by atoms with E-state index in [0.29, 0.717) is 30.0 Å². The number of hydrogen-bond donors (Lipinski definition) is 1. The van der Waals surface area contributed by atoms with Crippen LogP contribution >= 0.6 is 11.6 Å². The topological polar surface area (TPSA) is 86.2 Å². The molecule has 0 aliphatic carbocycles. The predicted molar refractivity (Wildman–Crippen MR) is 68.5 cm³/mol. The number of halogens is 1. The monoisotopic (exact) mass is 276 g/mol. The Hall–Kier alpha value is -0.980. The second-order valence-electron chi connectivity index (χ2n) is 3.46. The number of benzene rings is 1. The molecule has 1 aromatic carbocycles. The number of nitrogens with zero attached hydrogens (tertiary/aromatic N) is 1. The summed E-state index contributed by atoms with van der Waals surface area (Å²) >= 11 is 5.89. The first-order valence-corrected chi connectivity index (χ1v) is 6.89. The van der Waals surface area contributed by atoms with Crippen LogP contribution < -0.4 is 5.73 Å². The van der Waals surface area contributed by atoms with Crippen molar-refractivity contribution in [2.75, 3.05) is 12.3 Å². The molecule has 94 valence electrons. The van der Waals surface area contributed by atoms with Crippen LogP contribution in [0.2, 0.25) is 5.02 Å². The van der Waals surface area contributed by atoms with Gasteiger partial charge in [0.05, 0.1) is 9.95 Å². The molecule has 1 atom stereocenters. The largest absolute Gasteiger partial charge is 0.330 e. The molecule has 17 heavy (non-hydrogen) atoms. The molecule has 7 heteroatoms. The Morgan fingerprint density at radius 3 is 2.71 bits per heavy atom. The third-order valence-electron chi connectivity index (χ3n) is 2.14. The lowest BCUT2D eigenvalue weighted by Crippen LogP contribution is -2.07. The van der Waals surface area contributed by atoms with Gasteiger partial charge in [0.15, 0.2) is 0 Å². The van der Waals surface area contributed by atoms with Crippen LogP contribution in [0.4, 0.5) is 5.69 Å². The van der Waals surface area contributed by atoms with E-state index in [4.69, 9.17) is 17.3 Å². The zero-order valence-corrected chi connectivity index (χ0v) is 10.7. The molecule has 0 aromatic heterocycles. The summed E-state index contributed by atoms with van der Waals surface area (Å²) in [5, 5.41) is 10.8. The van der Waals surface area contributed by atoms with Crippen LogP contribution in [-0.2, 0) is 16.6 Å². The Morgan fingerprint density at radius 2 is 2.18 bits per heavy atom. The maximum Gasteiger partial charge on any atom is 0.270 e. The molecule has 0 fully saturated rings. The molecule has 1 rings (SSSR count). The molecule has 1 unspecified atom stereocenters. The van der Waals surface area contributed by atoms with Crippen LogP contribution in [0.25, 0.3) is 0 Å². The van der Waals surface area contributed by atoms with Crippen molar-refractivity contribution in [3.8, 4) is 0 Å². The minimum absolute atomic E-state index is 0.0634. The van der Waals surface area contributed by atoms with Gasteiger partial charge in [0, 0.05) is 34.4 Å². The van der Waals surface area contributed by atoms with E-state index in [1.165, 1.54) is 12.1 Å². The zero-order valence-electron chi connectivity index (χ0n) is 9.10. The molecule has 0 aliphatic rings. The van der Waals surface area contributed by atoms with Crippen molar-refractivity contribution in [2.24, 2.45) is 5.73 Å². The Labute approximate surface area is 107 Å². The van der Waals surface area contributed by atoms with E-state index in [0.717, 1.165) is 0 Å². The lowest BCUT2D eigenvalue weighted by Gasteiger charge is -2.04.